The van der Waals surface area contributed by atoms with Gasteiger partial charge in [-0.1, -0.05) is 0 Å². The number of rotatable bonds is 6. The first-order chi connectivity index (χ1) is 9.06. The van der Waals surface area contributed by atoms with Gasteiger partial charge in [0.2, 0.25) is 0 Å². The van der Waals surface area contributed by atoms with Crippen molar-refractivity contribution < 1.29 is 14.7 Å². The summed E-state index contributed by atoms with van der Waals surface area (Å²) in [5.74, 6) is -0.874. The fourth-order valence-electron chi connectivity index (χ4n) is 1.76. The molecule has 1 aliphatic rings. The molecule has 0 unspecified atom stereocenters. The third kappa shape index (κ3) is 4.50. The molecule has 0 bridgehead atoms. The van der Waals surface area contributed by atoms with Crippen LogP contribution in [0, 0.1) is 0 Å². The van der Waals surface area contributed by atoms with Crippen molar-refractivity contribution >= 4 is 39.3 Å². The predicted molar refractivity (Wildman–Crippen MR) is 76.2 cm³/mol. The van der Waals surface area contributed by atoms with Gasteiger partial charge in [0, 0.05) is 27.3 Å². The van der Waals surface area contributed by atoms with Gasteiger partial charge in [0.05, 0.1) is 13.0 Å². The van der Waals surface area contributed by atoms with Crippen LogP contribution in [0.5, 0.6) is 0 Å². The van der Waals surface area contributed by atoms with E-state index >= 15 is 0 Å². The number of nitrogens with zero attached hydrogens (tertiary/aromatic N) is 1. The highest BCUT2D eigenvalue weighted by atomic mass is 79.9. The Bertz CT molecular complexity index is 473. The minimum absolute atomic E-state index is 0.00549. The van der Waals surface area contributed by atoms with Crippen LogP contribution in [-0.4, -0.2) is 34.6 Å². The Kier molecular flexibility index (Phi) is 4.81. The summed E-state index contributed by atoms with van der Waals surface area (Å²) in [5.41, 5.74) is 0. The van der Waals surface area contributed by atoms with Crippen LogP contribution in [0.15, 0.2) is 15.9 Å². The lowest BCUT2D eigenvalue weighted by Gasteiger charge is -2.21. The highest BCUT2D eigenvalue weighted by Gasteiger charge is 2.32. The Balaban J connectivity index is 1.83. The largest absolute Gasteiger partial charge is 0.481 e. The fourth-order valence-corrected chi connectivity index (χ4v) is 3.15. The second-order valence-corrected chi connectivity index (χ2v) is 6.37. The molecule has 2 N–H and O–H groups in total. The Morgan fingerprint density at radius 3 is 2.79 bits per heavy atom. The maximum Gasteiger partial charge on any atom is 0.317 e. The fraction of sp³-hybridized carbons (Fsp3) is 0.500. The summed E-state index contributed by atoms with van der Waals surface area (Å²) in [5, 5.41) is 13.5. The van der Waals surface area contributed by atoms with E-state index in [4.69, 9.17) is 5.11 Å². The molecule has 0 aliphatic heterocycles. The van der Waals surface area contributed by atoms with Crippen LogP contribution in [0.2, 0.25) is 0 Å². The van der Waals surface area contributed by atoms with E-state index < -0.39 is 5.97 Å². The first-order valence-corrected chi connectivity index (χ1v) is 7.72. The molecule has 0 spiro atoms. The van der Waals surface area contributed by atoms with Crippen LogP contribution in [0.4, 0.5) is 4.79 Å². The number of hydrogen-bond acceptors (Lipinski definition) is 3. The van der Waals surface area contributed by atoms with Crippen molar-refractivity contribution in [1.29, 1.82) is 0 Å². The smallest absolute Gasteiger partial charge is 0.317 e. The van der Waals surface area contributed by atoms with Crippen LogP contribution in [0.25, 0.3) is 0 Å². The summed E-state index contributed by atoms with van der Waals surface area (Å²) < 4.78 is 1.01. The minimum Gasteiger partial charge on any atom is -0.481 e. The second kappa shape index (κ2) is 6.38. The monoisotopic (exact) mass is 346 g/mol. The molecule has 1 fully saturated rings. The molecule has 1 aromatic rings. The van der Waals surface area contributed by atoms with E-state index in [0.29, 0.717) is 6.54 Å². The van der Waals surface area contributed by atoms with Crippen LogP contribution in [0.1, 0.15) is 24.1 Å². The van der Waals surface area contributed by atoms with E-state index in [-0.39, 0.29) is 25.0 Å². The van der Waals surface area contributed by atoms with Gasteiger partial charge in [0.15, 0.2) is 0 Å². The Morgan fingerprint density at radius 1 is 1.53 bits per heavy atom. The van der Waals surface area contributed by atoms with Gasteiger partial charge >= 0.3 is 12.0 Å². The van der Waals surface area contributed by atoms with Crippen molar-refractivity contribution in [3.8, 4) is 0 Å². The topological polar surface area (TPSA) is 69.6 Å². The molecule has 0 aromatic carbocycles. The van der Waals surface area contributed by atoms with E-state index in [1.54, 1.807) is 16.2 Å². The number of aliphatic carboxylic acids is 1. The predicted octanol–water partition coefficient (Wildman–Crippen LogP) is 2.66. The third-order valence-electron chi connectivity index (χ3n) is 2.85. The molecule has 1 aliphatic carbocycles. The molecule has 1 heterocycles. The zero-order chi connectivity index (χ0) is 13.8. The van der Waals surface area contributed by atoms with Crippen LogP contribution in [0.3, 0.4) is 0 Å². The molecule has 0 saturated heterocycles. The highest BCUT2D eigenvalue weighted by Crippen LogP contribution is 2.27. The molecule has 1 saturated carbocycles. The number of hydrogen-bond donors (Lipinski definition) is 2. The summed E-state index contributed by atoms with van der Waals surface area (Å²) in [6.07, 6.45) is 1.93. The maximum absolute atomic E-state index is 12.0. The normalized spacial score (nSPS) is 14.2. The number of carboxylic acids is 1. The molecule has 0 atom stereocenters. The number of carbonyl (C=O) groups is 2. The number of amides is 2. The molecular weight excluding hydrogens is 332 g/mol. The van der Waals surface area contributed by atoms with Gasteiger partial charge in [-0.3, -0.25) is 4.79 Å². The Morgan fingerprint density at radius 2 is 2.26 bits per heavy atom. The van der Waals surface area contributed by atoms with Gasteiger partial charge in [-0.15, -0.1) is 11.3 Å². The molecule has 2 rings (SSSR count). The van der Waals surface area contributed by atoms with E-state index in [2.05, 4.69) is 21.2 Å². The van der Waals surface area contributed by atoms with Gasteiger partial charge in [-0.25, -0.2) is 4.79 Å². The zero-order valence-electron chi connectivity index (χ0n) is 10.3. The molecule has 19 heavy (non-hydrogen) atoms. The third-order valence-corrected chi connectivity index (χ3v) is 4.55. The van der Waals surface area contributed by atoms with E-state index in [1.807, 2.05) is 11.4 Å². The van der Waals surface area contributed by atoms with Crippen LogP contribution >= 0.6 is 27.3 Å². The summed E-state index contributed by atoms with van der Waals surface area (Å²) in [6, 6.07) is 2.01. The first-order valence-electron chi connectivity index (χ1n) is 6.05. The van der Waals surface area contributed by atoms with Gasteiger partial charge in [0.25, 0.3) is 0 Å². The van der Waals surface area contributed by atoms with Crippen molar-refractivity contribution in [3.05, 3.63) is 20.8 Å². The van der Waals surface area contributed by atoms with Gasteiger partial charge in [0.1, 0.15) is 0 Å². The standard InChI is InChI=1S/C12H15BrN2O3S/c13-8-5-10(19-7-8)6-14-12(18)15(9-1-2-9)4-3-11(16)17/h5,7,9H,1-4,6H2,(H,14,18)(H,16,17). The number of halogens is 1. The quantitative estimate of drug-likeness (QED) is 0.831. The summed E-state index contributed by atoms with van der Waals surface area (Å²) in [4.78, 5) is 25.3. The van der Waals surface area contributed by atoms with Crippen LogP contribution in [-0.2, 0) is 11.3 Å². The average molecular weight is 347 g/mol. The number of thiophene rings is 1. The average Bonchev–Trinajstić information content (AvgIpc) is 3.09. The summed E-state index contributed by atoms with van der Waals surface area (Å²) in [7, 11) is 0. The number of carbonyl (C=O) groups excluding carboxylic acids is 1. The molecule has 5 nitrogen and oxygen atoms in total. The maximum atomic E-state index is 12.0. The first kappa shape index (κ1) is 14.3. The SMILES string of the molecule is O=C(O)CCN(C(=O)NCc1cc(Br)cs1)C1CC1. The van der Waals surface area contributed by atoms with Crippen LogP contribution < -0.4 is 5.32 Å². The molecular formula is C12H15BrN2O3S. The minimum atomic E-state index is -0.874. The van der Waals surface area contributed by atoms with Crippen molar-refractivity contribution in [2.24, 2.45) is 0 Å². The molecule has 0 radical (unpaired) electrons. The lowest BCUT2D eigenvalue weighted by atomic mass is 10.4. The summed E-state index contributed by atoms with van der Waals surface area (Å²) in [6.45, 7) is 0.755. The molecule has 7 heteroatoms. The van der Waals surface area contributed by atoms with Crippen molar-refractivity contribution in [2.45, 2.75) is 31.8 Å². The Hall–Kier alpha value is -1.08. The molecule has 1 aromatic heterocycles. The molecule has 2 amide bonds. The number of urea groups is 1. The van der Waals surface area contributed by atoms with Crippen molar-refractivity contribution in [3.63, 3.8) is 0 Å². The van der Waals surface area contributed by atoms with Gasteiger partial charge in [-0.05, 0) is 34.8 Å². The van der Waals surface area contributed by atoms with E-state index in [1.165, 1.54) is 0 Å². The van der Waals surface area contributed by atoms with Gasteiger partial charge < -0.3 is 15.3 Å². The zero-order valence-corrected chi connectivity index (χ0v) is 12.7. The Labute approximate surface area is 123 Å². The number of nitrogens with one attached hydrogen (secondary N) is 1. The van der Waals surface area contributed by atoms with Gasteiger partial charge in [-0.2, -0.15) is 0 Å². The molecule has 104 valence electrons. The van der Waals surface area contributed by atoms with E-state index in [0.717, 1.165) is 22.2 Å². The second-order valence-electron chi connectivity index (χ2n) is 4.46. The lowest BCUT2D eigenvalue weighted by Crippen LogP contribution is -2.42. The number of carboxylic acid groups (broad SMARTS) is 1. The highest BCUT2D eigenvalue weighted by molar-refractivity contribution is 9.10. The lowest BCUT2D eigenvalue weighted by molar-refractivity contribution is -0.137. The van der Waals surface area contributed by atoms with Crippen molar-refractivity contribution in [1.82, 2.24) is 10.2 Å². The van der Waals surface area contributed by atoms with Crippen molar-refractivity contribution in [2.75, 3.05) is 6.54 Å². The van der Waals surface area contributed by atoms with E-state index in [9.17, 15) is 9.59 Å². The summed E-state index contributed by atoms with van der Waals surface area (Å²) >= 11 is 4.94.